The fourth-order valence-electron chi connectivity index (χ4n) is 3.42. The summed E-state index contributed by atoms with van der Waals surface area (Å²) in [5.74, 6) is 1.13. The number of rotatable bonds is 2. The Morgan fingerprint density at radius 1 is 1.38 bits per heavy atom. The fraction of sp³-hybridized carbons (Fsp3) is 0.769. The van der Waals surface area contributed by atoms with Crippen molar-refractivity contribution in [2.45, 2.75) is 44.2 Å². The van der Waals surface area contributed by atoms with Gasteiger partial charge in [0.25, 0.3) is 0 Å². The van der Waals surface area contributed by atoms with Gasteiger partial charge >= 0.3 is 0 Å². The number of ether oxygens (including phenoxy) is 1. The molecule has 0 amide bonds. The minimum Gasteiger partial charge on any atom is -0.490 e. The van der Waals surface area contributed by atoms with E-state index in [1.165, 1.54) is 12.8 Å². The normalized spacial score (nSPS) is 38.3. The number of allylic oxidation sites excluding steroid dienone is 1. The zero-order valence-electron chi connectivity index (χ0n) is 9.82. The van der Waals surface area contributed by atoms with Crippen molar-refractivity contribution in [3.8, 4) is 0 Å². The zero-order valence-corrected chi connectivity index (χ0v) is 9.82. The predicted octanol–water partition coefficient (Wildman–Crippen LogP) is 1.73. The summed E-state index contributed by atoms with van der Waals surface area (Å²) in [7, 11) is 2.20. The summed E-state index contributed by atoms with van der Waals surface area (Å²) in [5.41, 5.74) is 0. The summed E-state index contributed by atoms with van der Waals surface area (Å²) in [6.07, 6.45) is 7.47. The van der Waals surface area contributed by atoms with E-state index in [-0.39, 0.29) is 11.7 Å². The standard InChI is InChI=1S/C13H19NO2/c1-14-10-4-5-11(14)8-9(7-10)13(15)12-3-2-6-16-12/h3,9-11H,2,4-8H2,1H3. The van der Waals surface area contributed by atoms with Gasteiger partial charge in [-0.25, -0.2) is 0 Å². The minimum atomic E-state index is 0.220. The summed E-state index contributed by atoms with van der Waals surface area (Å²) >= 11 is 0. The maximum absolute atomic E-state index is 12.2. The van der Waals surface area contributed by atoms with Crippen molar-refractivity contribution < 1.29 is 9.53 Å². The Labute approximate surface area is 96.4 Å². The number of piperidine rings is 1. The molecule has 3 aliphatic rings. The molecule has 88 valence electrons. The van der Waals surface area contributed by atoms with E-state index in [4.69, 9.17) is 4.74 Å². The number of Topliss-reactive ketones (excluding diaryl/α,β-unsaturated/α-hetero) is 1. The van der Waals surface area contributed by atoms with Crippen LogP contribution in [0.15, 0.2) is 11.8 Å². The van der Waals surface area contributed by atoms with Crippen LogP contribution in [0.3, 0.4) is 0 Å². The quantitative estimate of drug-likeness (QED) is 0.711. The lowest BCUT2D eigenvalue weighted by molar-refractivity contribution is -0.124. The van der Waals surface area contributed by atoms with Crippen molar-refractivity contribution in [3.05, 3.63) is 11.8 Å². The number of hydrogen-bond acceptors (Lipinski definition) is 3. The molecule has 0 spiro atoms. The van der Waals surface area contributed by atoms with Crippen LogP contribution in [0.1, 0.15) is 32.1 Å². The molecule has 0 radical (unpaired) electrons. The largest absolute Gasteiger partial charge is 0.490 e. The van der Waals surface area contributed by atoms with E-state index in [2.05, 4.69) is 11.9 Å². The molecule has 3 nitrogen and oxygen atoms in total. The molecule has 0 aromatic carbocycles. The van der Waals surface area contributed by atoms with Gasteiger partial charge in [0.2, 0.25) is 0 Å². The van der Waals surface area contributed by atoms with E-state index < -0.39 is 0 Å². The summed E-state index contributed by atoms with van der Waals surface area (Å²) in [6, 6.07) is 1.27. The van der Waals surface area contributed by atoms with Gasteiger partial charge in [-0.2, -0.15) is 0 Å². The lowest BCUT2D eigenvalue weighted by Crippen LogP contribution is -2.42. The number of nitrogens with zero attached hydrogens (tertiary/aromatic N) is 1. The number of carbonyl (C=O) groups is 1. The molecule has 3 heteroatoms. The van der Waals surface area contributed by atoms with Gasteiger partial charge in [-0.1, -0.05) is 0 Å². The second-order valence-electron chi connectivity index (χ2n) is 5.29. The lowest BCUT2D eigenvalue weighted by atomic mass is 9.87. The first-order chi connectivity index (χ1) is 7.75. The number of hydrogen-bond donors (Lipinski definition) is 0. The van der Waals surface area contributed by atoms with Crippen LogP contribution in [0.2, 0.25) is 0 Å². The maximum atomic E-state index is 12.2. The van der Waals surface area contributed by atoms with Crippen LogP contribution in [0.5, 0.6) is 0 Å². The molecular formula is C13H19NO2. The molecule has 2 bridgehead atoms. The lowest BCUT2D eigenvalue weighted by Gasteiger charge is -2.35. The molecule has 3 heterocycles. The molecule has 2 saturated heterocycles. The minimum absolute atomic E-state index is 0.220. The summed E-state index contributed by atoms with van der Waals surface area (Å²) < 4.78 is 5.38. The van der Waals surface area contributed by atoms with Crippen LogP contribution in [0.4, 0.5) is 0 Å². The second-order valence-corrected chi connectivity index (χ2v) is 5.29. The first-order valence-corrected chi connectivity index (χ1v) is 6.35. The van der Waals surface area contributed by atoms with Crippen molar-refractivity contribution in [1.82, 2.24) is 4.90 Å². The Morgan fingerprint density at radius 2 is 2.06 bits per heavy atom. The van der Waals surface area contributed by atoms with E-state index in [0.717, 1.165) is 19.3 Å². The number of ketones is 1. The molecule has 3 rings (SSSR count). The molecule has 0 N–H and O–H groups in total. The third-order valence-corrected chi connectivity index (χ3v) is 4.42. The van der Waals surface area contributed by atoms with Gasteiger partial charge in [0, 0.05) is 24.4 Å². The van der Waals surface area contributed by atoms with Crippen molar-refractivity contribution in [1.29, 1.82) is 0 Å². The van der Waals surface area contributed by atoms with Crippen LogP contribution in [-0.4, -0.2) is 36.4 Å². The molecular weight excluding hydrogens is 202 g/mol. The smallest absolute Gasteiger partial charge is 0.200 e. The topological polar surface area (TPSA) is 29.5 Å². The van der Waals surface area contributed by atoms with Crippen LogP contribution < -0.4 is 0 Å². The predicted molar refractivity (Wildman–Crippen MR) is 61.0 cm³/mol. The third-order valence-electron chi connectivity index (χ3n) is 4.42. The highest BCUT2D eigenvalue weighted by molar-refractivity contribution is 5.95. The van der Waals surface area contributed by atoms with E-state index in [9.17, 15) is 4.79 Å². The second kappa shape index (κ2) is 3.88. The monoisotopic (exact) mass is 221 g/mol. The molecule has 2 unspecified atom stereocenters. The molecule has 0 aliphatic carbocycles. The molecule has 3 aliphatic heterocycles. The maximum Gasteiger partial charge on any atom is 0.200 e. The molecule has 0 saturated carbocycles. The zero-order chi connectivity index (χ0) is 11.1. The van der Waals surface area contributed by atoms with Crippen molar-refractivity contribution in [2.24, 2.45) is 5.92 Å². The van der Waals surface area contributed by atoms with Crippen molar-refractivity contribution in [3.63, 3.8) is 0 Å². The van der Waals surface area contributed by atoms with E-state index in [1.54, 1.807) is 0 Å². The highest BCUT2D eigenvalue weighted by Gasteiger charge is 2.41. The highest BCUT2D eigenvalue weighted by atomic mass is 16.5. The van der Waals surface area contributed by atoms with Gasteiger partial charge in [0.05, 0.1) is 6.61 Å². The Balaban J connectivity index is 1.70. The van der Waals surface area contributed by atoms with Gasteiger partial charge in [-0.3, -0.25) is 4.79 Å². The number of carbonyl (C=O) groups excluding carboxylic acids is 1. The molecule has 0 aromatic rings. The van der Waals surface area contributed by atoms with Gasteiger partial charge in [-0.15, -0.1) is 0 Å². The van der Waals surface area contributed by atoms with Crippen molar-refractivity contribution in [2.75, 3.05) is 13.7 Å². The van der Waals surface area contributed by atoms with Crippen LogP contribution in [0.25, 0.3) is 0 Å². The SMILES string of the molecule is CN1C2CCC1CC(C(=O)C1=CCCO1)C2. The van der Waals surface area contributed by atoms with Crippen LogP contribution in [0, 0.1) is 5.92 Å². The first kappa shape index (κ1) is 10.3. The van der Waals surface area contributed by atoms with Gasteiger partial charge in [0.1, 0.15) is 0 Å². The van der Waals surface area contributed by atoms with Crippen LogP contribution in [-0.2, 0) is 9.53 Å². The fourth-order valence-corrected chi connectivity index (χ4v) is 3.42. The Kier molecular flexibility index (Phi) is 2.51. The average molecular weight is 221 g/mol. The summed E-state index contributed by atoms with van der Waals surface area (Å²) in [5, 5.41) is 0. The van der Waals surface area contributed by atoms with E-state index in [1.807, 2.05) is 6.08 Å². The Morgan fingerprint density at radius 3 is 2.62 bits per heavy atom. The molecule has 16 heavy (non-hydrogen) atoms. The van der Waals surface area contributed by atoms with E-state index >= 15 is 0 Å². The van der Waals surface area contributed by atoms with Gasteiger partial charge < -0.3 is 9.64 Å². The van der Waals surface area contributed by atoms with Crippen molar-refractivity contribution >= 4 is 5.78 Å². The third kappa shape index (κ3) is 1.58. The summed E-state index contributed by atoms with van der Waals surface area (Å²) in [6.45, 7) is 0.695. The van der Waals surface area contributed by atoms with E-state index in [0.29, 0.717) is 24.4 Å². The molecule has 2 atom stereocenters. The van der Waals surface area contributed by atoms with Gasteiger partial charge in [-0.05, 0) is 38.8 Å². The van der Waals surface area contributed by atoms with Gasteiger partial charge in [0.15, 0.2) is 11.5 Å². The first-order valence-electron chi connectivity index (χ1n) is 6.35. The highest BCUT2D eigenvalue weighted by Crippen LogP contribution is 2.38. The molecule has 0 aromatic heterocycles. The summed E-state index contributed by atoms with van der Waals surface area (Å²) in [4.78, 5) is 14.7. The number of fused-ring (bicyclic) bond motifs is 2. The van der Waals surface area contributed by atoms with Crippen LogP contribution >= 0.6 is 0 Å². The molecule has 2 fully saturated rings. The average Bonchev–Trinajstić information content (AvgIpc) is 2.85. The Bertz CT molecular complexity index is 323. The Hall–Kier alpha value is -0.830.